The summed E-state index contributed by atoms with van der Waals surface area (Å²) < 4.78 is 25.8. The van der Waals surface area contributed by atoms with Crippen molar-refractivity contribution >= 4 is 21.9 Å². The Morgan fingerprint density at radius 2 is 2.29 bits per heavy atom. The second kappa shape index (κ2) is 4.04. The number of rotatable bonds is 3. The number of carboxylic acid groups (broad SMARTS) is 1. The molecule has 0 aliphatic rings. The third-order valence-corrected chi connectivity index (χ3v) is 2.63. The van der Waals surface area contributed by atoms with E-state index in [1.54, 1.807) is 0 Å². The van der Waals surface area contributed by atoms with Gasteiger partial charge in [0, 0.05) is 0 Å². The first-order chi connectivity index (χ1) is 6.43. The third kappa shape index (κ3) is 2.09. The van der Waals surface area contributed by atoms with E-state index in [1.807, 2.05) is 0 Å². The van der Waals surface area contributed by atoms with Crippen LogP contribution in [0, 0.1) is 6.92 Å². The fourth-order valence-corrected chi connectivity index (χ4v) is 1.43. The number of hydrogen-bond acceptors (Lipinski definition) is 2. The van der Waals surface area contributed by atoms with E-state index >= 15 is 0 Å². The predicted octanol–water partition coefficient (Wildman–Crippen LogP) is 1.98. The zero-order valence-corrected chi connectivity index (χ0v) is 8.75. The Kier molecular flexibility index (Phi) is 3.20. The van der Waals surface area contributed by atoms with Crippen LogP contribution in [0.1, 0.15) is 17.8 Å². The smallest absolute Gasteiger partial charge is 0.325 e. The SMILES string of the molecule is Cc1c(Br)c(C(F)F)nn1CC(=O)O. The maximum Gasteiger partial charge on any atom is 0.325 e. The monoisotopic (exact) mass is 268 g/mol. The van der Waals surface area contributed by atoms with Gasteiger partial charge in [0.2, 0.25) is 0 Å². The molecule has 14 heavy (non-hydrogen) atoms. The Morgan fingerprint density at radius 3 is 2.64 bits per heavy atom. The van der Waals surface area contributed by atoms with Crippen molar-refractivity contribution in [1.29, 1.82) is 0 Å². The molecule has 78 valence electrons. The van der Waals surface area contributed by atoms with E-state index in [4.69, 9.17) is 5.11 Å². The lowest BCUT2D eigenvalue weighted by atomic mass is 10.4. The standard InChI is InChI=1S/C7H7BrF2N2O2/c1-3-5(8)6(7(9)10)11-12(3)2-4(13)14/h7H,2H2,1H3,(H,13,14). The molecule has 1 aromatic heterocycles. The van der Waals surface area contributed by atoms with Gasteiger partial charge in [0.05, 0.1) is 10.2 Å². The normalized spacial score (nSPS) is 10.9. The summed E-state index contributed by atoms with van der Waals surface area (Å²) >= 11 is 2.94. The van der Waals surface area contributed by atoms with Crippen LogP contribution in [-0.2, 0) is 11.3 Å². The summed E-state index contributed by atoms with van der Waals surface area (Å²) in [5, 5.41) is 12.0. The van der Waals surface area contributed by atoms with E-state index < -0.39 is 24.6 Å². The molecule has 1 aromatic rings. The molecular weight excluding hydrogens is 262 g/mol. The first-order valence-electron chi connectivity index (χ1n) is 3.66. The number of nitrogens with zero attached hydrogens (tertiary/aromatic N) is 2. The molecule has 0 spiro atoms. The minimum Gasteiger partial charge on any atom is -0.480 e. The lowest BCUT2D eigenvalue weighted by Crippen LogP contribution is -2.11. The molecule has 0 aromatic carbocycles. The quantitative estimate of drug-likeness (QED) is 0.912. The van der Waals surface area contributed by atoms with E-state index in [9.17, 15) is 13.6 Å². The van der Waals surface area contributed by atoms with Crippen molar-refractivity contribution in [2.75, 3.05) is 0 Å². The molecule has 0 fully saturated rings. The highest BCUT2D eigenvalue weighted by Gasteiger charge is 2.20. The molecule has 0 saturated heterocycles. The Bertz CT molecular complexity index is 365. The zero-order valence-electron chi connectivity index (χ0n) is 7.17. The zero-order chi connectivity index (χ0) is 10.9. The van der Waals surface area contributed by atoms with Gasteiger partial charge in [-0.15, -0.1) is 0 Å². The van der Waals surface area contributed by atoms with Crippen molar-refractivity contribution in [2.45, 2.75) is 19.9 Å². The van der Waals surface area contributed by atoms with Crippen molar-refractivity contribution in [3.63, 3.8) is 0 Å². The number of carbonyl (C=O) groups is 1. The number of halogens is 3. The second-order valence-corrected chi connectivity index (χ2v) is 3.43. The van der Waals surface area contributed by atoms with Crippen molar-refractivity contribution in [1.82, 2.24) is 9.78 Å². The van der Waals surface area contributed by atoms with Crippen molar-refractivity contribution in [3.05, 3.63) is 15.9 Å². The van der Waals surface area contributed by atoms with Crippen molar-refractivity contribution < 1.29 is 18.7 Å². The van der Waals surface area contributed by atoms with Crippen LogP contribution in [0.2, 0.25) is 0 Å². The van der Waals surface area contributed by atoms with E-state index in [1.165, 1.54) is 6.92 Å². The largest absolute Gasteiger partial charge is 0.480 e. The van der Waals surface area contributed by atoms with Crippen molar-refractivity contribution in [3.8, 4) is 0 Å². The van der Waals surface area contributed by atoms with Crippen molar-refractivity contribution in [2.24, 2.45) is 0 Å². The highest BCUT2D eigenvalue weighted by atomic mass is 79.9. The van der Waals surface area contributed by atoms with Crippen LogP contribution in [0.5, 0.6) is 0 Å². The first kappa shape index (κ1) is 11.1. The fraction of sp³-hybridized carbons (Fsp3) is 0.429. The Balaban J connectivity index is 3.08. The first-order valence-corrected chi connectivity index (χ1v) is 4.45. The summed E-state index contributed by atoms with van der Waals surface area (Å²) in [6.07, 6.45) is -2.71. The molecule has 0 bridgehead atoms. The van der Waals surface area contributed by atoms with E-state index in [2.05, 4.69) is 21.0 Å². The maximum absolute atomic E-state index is 12.3. The molecule has 1 rings (SSSR count). The van der Waals surface area contributed by atoms with Crippen LogP contribution >= 0.6 is 15.9 Å². The summed E-state index contributed by atoms with van der Waals surface area (Å²) in [5.41, 5.74) is -0.0496. The number of hydrogen-bond donors (Lipinski definition) is 1. The molecule has 0 aliphatic heterocycles. The van der Waals surface area contributed by atoms with E-state index in [0.29, 0.717) is 5.69 Å². The lowest BCUT2D eigenvalue weighted by molar-refractivity contribution is -0.137. The molecule has 0 atom stereocenters. The van der Waals surface area contributed by atoms with E-state index in [-0.39, 0.29) is 4.47 Å². The van der Waals surface area contributed by atoms with Gasteiger partial charge in [0.1, 0.15) is 12.2 Å². The van der Waals surface area contributed by atoms with E-state index in [0.717, 1.165) is 4.68 Å². The summed E-state index contributed by atoms with van der Waals surface area (Å²) in [5.74, 6) is -1.12. The van der Waals surface area contributed by atoms with Crippen LogP contribution < -0.4 is 0 Å². The van der Waals surface area contributed by atoms with Gasteiger partial charge in [-0.3, -0.25) is 9.48 Å². The lowest BCUT2D eigenvalue weighted by Gasteiger charge is -1.98. The Labute approximate surface area is 86.7 Å². The highest BCUT2D eigenvalue weighted by Crippen LogP contribution is 2.28. The Morgan fingerprint density at radius 1 is 1.71 bits per heavy atom. The summed E-state index contributed by atoms with van der Waals surface area (Å²) in [6, 6.07) is 0. The van der Waals surface area contributed by atoms with Gasteiger partial charge in [0.15, 0.2) is 0 Å². The third-order valence-electron chi connectivity index (χ3n) is 1.65. The van der Waals surface area contributed by atoms with Crippen LogP contribution in [-0.4, -0.2) is 20.9 Å². The van der Waals surface area contributed by atoms with Gasteiger partial charge >= 0.3 is 5.97 Å². The number of aromatic nitrogens is 2. The molecule has 4 nitrogen and oxygen atoms in total. The van der Waals surface area contributed by atoms with Gasteiger partial charge in [0.25, 0.3) is 6.43 Å². The summed E-state index contributed by atoms with van der Waals surface area (Å²) in [4.78, 5) is 10.3. The number of aliphatic carboxylic acids is 1. The fourth-order valence-electron chi connectivity index (χ4n) is 0.969. The molecule has 0 saturated carbocycles. The molecule has 0 radical (unpaired) electrons. The van der Waals surface area contributed by atoms with Gasteiger partial charge in [-0.25, -0.2) is 8.78 Å². The minimum atomic E-state index is -2.71. The molecular formula is C7H7BrF2N2O2. The van der Waals surface area contributed by atoms with Crippen LogP contribution in [0.3, 0.4) is 0 Å². The number of alkyl halides is 2. The molecule has 0 unspecified atom stereocenters. The predicted molar refractivity (Wildman–Crippen MR) is 47.3 cm³/mol. The summed E-state index contributed by atoms with van der Waals surface area (Å²) in [6.45, 7) is 1.10. The number of carboxylic acids is 1. The maximum atomic E-state index is 12.3. The van der Waals surface area contributed by atoms with Gasteiger partial charge in [-0.1, -0.05) is 0 Å². The van der Waals surface area contributed by atoms with Crippen LogP contribution in [0.4, 0.5) is 8.78 Å². The minimum absolute atomic E-state index is 0.161. The topological polar surface area (TPSA) is 55.1 Å². The molecule has 0 amide bonds. The van der Waals surface area contributed by atoms with Crippen LogP contribution in [0.25, 0.3) is 0 Å². The summed E-state index contributed by atoms with van der Waals surface area (Å²) in [7, 11) is 0. The van der Waals surface area contributed by atoms with Crippen LogP contribution in [0.15, 0.2) is 4.47 Å². The van der Waals surface area contributed by atoms with Gasteiger partial charge < -0.3 is 5.11 Å². The molecule has 7 heteroatoms. The molecule has 0 aliphatic carbocycles. The highest BCUT2D eigenvalue weighted by molar-refractivity contribution is 9.10. The average molecular weight is 269 g/mol. The molecule has 1 heterocycles. The second-order valence-electron chi connectivity index (χ2n) is 2.64. The molecule has 1 N–H and O–H groups in total. The average Bonchev–Trinajstić information content (AvgIpc) is 2.32. The van der Waals surface area contributed by atoms with Gasteiger partial charge in [-0.05, 0) is 22.9 Å². The Hall–Kier alpha value is -0.980. The van der Waals surface area contributed by atoms with Gasteiger partial charge in [-0.2, -0.15) is 5.10 Å².